The molecule has 1 aromatic heterocycles. The number of benzene rings is 2. The highest BCUT2D eigenvalue weighted by Crippen LogP contribution is 2.19. The van der Waals surface area contributed by atoms with Crippen molar-refractivity contribution in [2.24, 2.45) is 0 Å². The van der Waals surface area contributed by atoms with E-state index in [0.717, 1.165) is 20.9 Å². The number of carbonyl (C=O) groups excluding carboxylic acids is 2. The van der Waals surface area contributed by atoms with E-state index in [1.807, 2.05) is 41.8 Å². The molecule has 2 aromatic carbocycles. The van der Waals surface area contributed by atoms with Crippen molar-refractivity contribution in [3.8, 4) is 0 Å². The fraction of sp³-hybridized carbons (Fsp3) is 0.200. The second-order valence-corrected chi connectivity index (χ2v) is 8.90. The quantitative estimate of drug-likeness (QED) is 0.620. The Kier molecular flexibility index (Phi) is 5.71. The van der Waals surface area contributed by atoms with Gasteiger partial charge in [0, 0.05) is 30.9 Å². The van der Waals surface area contributed by atoms with Crippen LogP contribution in [0.2, 0.25) is 0 Å². The topological polar surface area (TPSA) is 101 Å². The van der Waals surface area contributed by atoms with E-state index in [9.17, 15) is 18.0 Å². The molecule has 8 nitrogen and oxygen atoms in total. The van der Waals surface area contributed by atoms with Crippen molar-refractivity contribution in [1.29, 1.82) is 0 Å². The first-order valence-corrected chi connectivity index (χ1v) is 10.3. The van der Waals surface area contributed by atoms with Gasteiger partial charge in [-0.05, 0) is 42.6 Å². The predicted octanol–water partition coefficient (Wildman–Crippen LogP) is 1.66. The first kappa shape index (κ1) is 20.6. The fourth-order valence-corrected chi connectivity index (χ4v) is 3.90. The van der Waals surface area contributed by atoms with Gasteiger partial charge >= 0.3 is 0 Å². The van der Waals surface area contributed by atoms with Gasteiger partial charge in [-0.3, -0.25) is 20.4 Å². The summed E-state index contributed by atoms with van der Waals surface area (Å²) in [7, 11) is -0.837. The molecular formula is C20H22N4O4S. The Morgan fingerprint density at radius 1 is 1.00 bits per heavy atom. The Hall–Kier alpha value is -3.17. The number of amides is 2. The first-order chi connectivity index (χ1) is 13.7. The number of carbonyl (C=O) groups is 2. The van der Waals surface area contributed by atoms with Crippen molar-refractivity contribution in [2.75, 3.05) is 14.1 Å². The molecule has 0 fully saturated rings. The zero-order valence-electron chi connectivity index (χ0n) is 16.3. The van der Waals surface area contributed by atoms with Crippen LogP contribution < -0.4 is 10.9 Å². The highest BCUT2D eigenvalue weighted by molar-refractivity contribution is 7.89. The van der Waals surface area contributed by atoms with Crippen LogP contribution in [0.25, 0.3) is 10.9 Å². The van der Waals surface area contributed by atoms with Crippen molar-refractivity contribution >= 4 is 32.7 Å². The highest BCUT2D eigenvalue weighted by atomic mass is 32.2. The van der Waals surface area contributed by atoms with Crippen LogP contribution in [0.5, 0.6) is 0 Å². The molecule has 2 N–H and O–H groups in total. The summed E-state index contributed by atoms with van der Waals surface area (Å²) >= 11 is 0. The van der Waals surface area contributed by atoms with Crippen molar-refractivity contribution < 1.29 is 18.0 Å². The Morgan fingerprint density at radius 2 is 1.72 bits per heavy atom. The summed E-state index contributed by atoms with van der Waals surface area (Å²) in [6.45, 7) is 1.94. The summed E-state index contributed by atoms with van der Waals surface area (Å²) in [5, 5.41) is 1.03. The SMILES string of the molecule is Cc1cc2ccccc2n1CC(=O)NNC(=O)c1cccc(S(=O)(=O)N(C)C)c1. The Morgan fingerprint density at radius 3 is 2.45 bits per heavy atom. The number of hydrazine groups is 1. The number of para-hydroxylation sites is 1. The maximum Gasteiger partial charge on any atom is 0.269 e. The molecule has 0 aliphatic carbocycles. The third-order valence-electron chi connectivity index (χ3n) is 4.51. The van der Waals surface area contributed by atoms with Gasteiger partial charge in [0.15, 0.2) is 0 Å². The lowest BCUT2D eigenvalue weighted by molar-refractivity contribution is -0.122. The van der Waals surface area contributed by atoms with E-state index in [0.29, 0.717) is 0 Å². The smallest absolute Gasteiger partial charge is 0.269 e. The molecule has 0 atom stereocenters. The van der Waals surface area contributed by atoms with Crippen molar-refractivity contribution in [3.63, 3.8) is 0 Å². The van der Waals surface area contributed by atoms with Crippen LogP contribution >= 0.6 is 0 Å². The Labute approximate surface area is 169 Å². The number of rotatable bonds is 5. The molecule has 0 aliphatic heterocycles. The second kappa shape index (κ2) is 8.06. The number of aryl methyl sites for hydroxylation is 1. The Bertz CT molecular complexity index is 1180. The molecule has 29 heavy (non-hydrogen) atoms. The molecule has 152 valence electrons. The molecule has 0 bridgehead atoms. The summed E-state index contributed by atoms with van der Waals surface area (Å²) in [5.41, 5.74) is 6.67. The summed E-state index contributed by atoms with van der Waals surface area (Å²) in [6.07, 6.45) is 0. The van der Waals surface area contributed by atoms with E-state index < -0.39 is 21.8 Å². The lowest BCUT2D eigenvalue weighted by Crippen LogP contribution is -2.43. The summed E-state index contributed by atoms with van der Waals surface area (Å²) in [5.74, 6) is -1.01. The minimum atomic E-state index is -3.66. The maximum atomic E-state index is 12.3. The van der Waals surface area contributed by atoms with Gasteiger partial charge in [0.1, 0.15) is 6.54 Å². The fourth-order valence-electron chi connectivity index (χ4n) is 2.95. The van der Waals surface area contributed by atoms with E-state index in [1.165, 1.54) is 38.4 Å². The van der Waals surface area contributed by atoms with Crippen molar-refractivity contribution in [3.05, 3.63) is 65.9 Å². The number of hydrogen-bond acceptors (Lipinski definition) is 4. The van der Waals surface area contributed by atoms with Crippen molar-refractivity contribution in [2.45, 2.75) is 18.4 Å². The standard InChI is InChI=1S/C20H22N4O4S/c1-14-11-15-7-4-5-10-18(15)24(14)13-19(25)21-22-20(26)16-8-6-9-17(12-16)29(27,28)23(2)3/h4-12H,13H2,1-3H3,(H,21,25)(H,22,26). The van der Waals surface area contributed by atoms with Gasteiger partial charge in [-0.1, -0.05) is 24.3 Å². The van der Waals surface area contributed by atoms with Crippen LogP contribution in [-0.4, -0.2) is 43.2 Å². The normalized spacial score (nSPS) is 11.6. The van der Waals surface area contributed by atoms with Gasteiger partial charge in [-0.25, -0.2) is 12.7 Å². The second-order valence-electron chi connectivity index (χ2n) is 6.75. The van der Waals surface area contributed by atoms with Gasteiger partial charge in [0.2, 0.25) is 10.0 Å². The number of nitrogens with one attached hydrogen (secondary N) is 2. The zero-order valence-corrected chi connectivity index (χ0v) is 17.2. The Balaban J connectivity index is 1.68. The molecule has 0 radical (unpaired) electrons. The lowest BCUT2D eigenvalue weighted by Gasteiger charge is -2.13. The van der Waals surface area contributed by atoms with Gasteiger partial charge in [0.05, 0.1) is 4.90 Å². The minimum Gasteiger partial charge on any atom is -0.335 e. The van der Waals surface area contributed by atoms with Crippen LogP contribution in [0.15, 0.2) is 59.5 Å². The third-order valence-corrected chi connectivity index (χ3v) is 6.32. The predicted molar refractivity (Wildman–Crippen MR) is 110 cm³/mol. The molecule has 9 heteroatoms. The number of fused-ring (bicyclic) bond motifs is 1. The number of aromatic nitrogens is 1. The van der Waals surface area contributed by atoms with Gasteiger partial charge < -0.3 is 4.57 Å². The summed E-state index contributed by atoms with van der Waals surface area (Å²) < 4.78 is 27.3. The van der Waals surface area contributed by atoms with E-state index in [2.05, 4.69) is 10.9 Å². The van der Waals surface area contributed by atoms with E-state index in [1.54, 1.807) is 0 Å². The van der Waals surface area contributed by atoms with Gasteiger partial charge in [-0.2, -0.15) is 0 Å². The minimum absolute atomic E-state index is 0.00378. The molecule has 0 aliphatic rings. The van der Waals surface area contributed by atoms with Crippen LogP contribution in [-0.2, 0) is 21.4 Å². The maximum absolute atomic E-state index is 12.3. The van der Waals surface area contributed by atoms with Crippen LogP contribution in [0.4, 0.5) is 0 Å². The average molecular weight is 414 g/mol. The summed E-state index contributed by atoms with van der Waals surface area (Å²) in [6, 6.07) is 15.3. The number of hydrogen-bond donors (Lipinski definition) is 2. The molecule has 3 aromatic rings. The third kappa shape index (κ3) is 4.30. The number of nitrogens with zero attached hydrogens (tertiary/aromatic N) is 2. The molecule has 0 saturated carbocycles. The lowest BCUT2D eigenvalue weighted by atomic mass is 10.2. The monoisotopic (exact) mass is 414 g/mol. The van der Waals surface area contributed by atoms with E-state index in [4.69, 9.17) is 0 Å². The molecular weight excluding hydrogens is 392 g/mol. The van der Waals surface area contributed by atoms with Crippen LogP contribution in [0.1, 0.15) is 16.1 Å². The average Bonchev–Trinajstić information content (AvgIpc) is 3.01. The zero-order chi connectivity index (χ0) is 21.2. The van der Waals surface area contributed by atoms with Crippen molar-refractivity contribution in [1.82, 2.24) is 19.7 Å². The van der Waals surface area contributed by atoms with E-state index >= 15 is 0 Å². The molecule has 0 spiro atoms. The molecule has 1 heterocycles. The number of sulfonamides is 1. The van der Waals surface area contributed by atoms with Crippen LogP contribution in [0, 0.1) is 6.92 Å². The largest absolute Gasteiger partial charge is 0.335 e. The van der Waals surface area contributed by atoms with Gasteiger partial charge in [-0.15, -0.1) is 0 Å². The first-order valence-electron chi connectivity index (χ1n) is 8.87. The summed E-state index contributed by atoms with van der Waals surface area (Å²) in [4.78, 5) is 24.6. The molecule has 2 amide bonds. The van der Waals surface area contributed by atoms with Gasteiger partial charge in [0.25, 0.3) is 11.8 Å². The van der Waals surface area contributed by atoms with E-state index in [-0.39, 0.29) is 17.0 Å². The van der Waals surface area contributed by atoms with Crippen LogP contribution in [0.3, 0.4) is 0 Å². The molecule has 0 saturated heterocycles. The highest BCUT2D eigenvalue weighted by Gasteiger charge is 2.19. The molecule has 0 unspecified atom stereocenters. The molecule has 3 rings (SSSR count).